The van der Waals surface area contributed by atoms with E-state index in [0.29, 0.717) is 31.8 Å². The predicted octanol–water partition coefficient (Wildman–Crippen LogP) is 2.23. The second-order valence-electron chi connectivity index (χ2n) is 5.01. The van der Waals surface area contributed by atoms with Gasteiger partial charge in [-0.05, 0) is 18.1 Å². The maximum absolute atomic E-state index is 12.0. The van der Waals surface area contributed by atoms with Crippen LogP contribution in [0.3, 0.4) is 0 Å². The topological polar surface area (TPSA) is 44.8 Å². The molecular formula is C16H18O4. The molecule has 20 heavy (non-hydrogen) atoms. The summed E-state index contributed by atoms with van der Waals surface area (Å²) < 4.78 is 16.7. The highest BCUT2D eigenvalue weighted by atomic mass is 16.7. The third-order valence-corrected chi connectivity index (χ3v) is 3.46. The van der Waals surface area contributed by atoms with Gasteiger partial charge >= 0.3 is 0 Å². The van der Waals surface area contributed by atoms with Gasteiger partial charge in [0.05, 0.1) is 25.9 Å². The van der Waals surface area contributed by atoms with Crippen molar-refractivity contribution in [1.82, 2.24) is 0 Å². The molecule has 1 aliphatic heterocycles. The van der Waals surface area contributed by atoms with Gasteiger partial charge in [-0.2, -0.15) is 0 Å². The molecule has 1 aromatic rings. The van der Waals surface area contributed by atoms with Crippen LogP contribution in [-0.2, 0) is 25.6 Å². The van der Waals surface area contributed by atoms with Crippen molar-refractivity contribution in [3.63, 3.8) is 0 Å². The molecule has 0 radical (unpaired) electrons. The molecule has 0 bridgehead atoms. The predicted molar refractivity (Wildman–Crippen MR) is 73.0 cm³/mol. The van der Waals surface area contributed by atoms with Crippen LogP contribution in [0.4, 0.5) is 0 Å². The van der Waals surface area contributed by atoms with Crippen molar-refractivity contribution in [3.8, 4) is 0 Å². The second-order valence-corrected chi connectivity index (χ2v) is 5.01. The van der Waals surface area contributed by atoms with Crippen molar-refractivity contribution < 1.29 is 19.0 Å². The minimum atomic E-state index is -0.499. The zero-order valence-corrected chi connectivity index (χ0v) is 11.3. The molecule has 0 unspecified atom stereocenters. The van der Waals surface area contributed by atoms with Crippen molar-refractivity contribution in [2.75, 3.05) is 13.2 Å². The number of Topliss-reactive ketones (excluding diaryl/α,β-unsaturated/α-hetero) is 1. The van der Waals surface area contributed by atoms with E-state index in [9.17, 15) is 4.79 Å². The van der Waals surface area contributed by atoms with Crippen molar-refractivity contribution in [1.29, 1.82) is 0 Å². The van der Waals surface area contributed by atoms with Crippen molar-refractivity contribution in [2.45, 2.75) is 31.8 Å². The molecule has 0 saturated carbocycles. The first kappa shape index (κ1) is 13.5. The molecule has 1 saturated heterocycles. The lowest BCUT2D eigenvalue weighted by Crippen LogP contribution is -2.28. The number of carbonyl (C=O) groups excluding carboxylic acids is 1. The molecule has 1 aliphatic carbocycles. The molecule has 1 atom stereocenters. The second kappa shape index (κ2) is 6.31. The lowest BCUT2D eigenvalue weighted by atomic mass is 10.2. The summed E-state index contributed by atoms with van der Waals surface area (Å²) >= 11 is 0. The van der Waals surface area contributed by atoms with Crippen LogP contribution in [0.1, 0.15) is 18.4 Å². The molecule has 1 fully saturated rings. The smallest absolute Gasteiger partial charge is 0.187 e. The van der Waals surface area contributed by atoms with Crippen LogP contribution in [0.15, 0.2) is 42.0 Å². The Morgan fingerprint density at radius 3 is 2.65 bits per heavy atom. The fraction of sp³-hybridized carbons (Fsp3) is 0.438. The third-order valence-electron chi connectivity index (χ3n) is 3.46. The zero-order valence-electron chi connectivity index (χ0n) is 11.3. The van der Waals surface area contributed by atoms with Crippen molar-refractivity contribution >= 4 is 5.78 Å². The van der Waals surface area contributed by atoms with E-state index < -0.39 is 6.29 Å². The summed E-state index contributed by atoms with van der Waals surface area (Å²) in [6.45, 7) is 1.80. The molecule has 4 heteroatoms. The Hall–Kier alpha value is -1.49. The molecule has 1 aromatic carbocycles. The van der Waals surface area contributed by atoms with Gasteiger partial charge in [0.1, 0.15) is 0 Å². The molecular weight excluding hydrogens is 256 g/mol. The van der Waals surface area contributed by atoms with Gasteiger partial charge < -0.3 is 14.2 Å². The largest absolute Gasteiger partial charge is 0.369 e. The first-order valence-corrected chi connectivity index (χ1v) is 6.96. The maximum Gasteiger partial charge on any atom is 0.187 e. The van der Waals surface area contributed by atoms with Gasteiger partial charge in [0.25, 0.3) is 0 Å². The van der Waals surface area contributed by atoms with E-state index in [0.717, 1.165) is 12.0 Å². The number of hydrogen-bond acceptors (Lipinski definition) is 4. The van der Waals surface area contributed by atoms with Crippen LogP contribution in [0.2, 0.25) is 0 Å². The molecule has 0 N–H and O–H groups in total. The summed E-state index contributed by atoms with van der Waals surface area (Å²) in [5.41, 5.74) is 1.72. The lowest BCUT2D eigenvalue weighted by molar-refractivity contribution is -0.160. The van der Waals surface area contributed by atoms with E-state index in [2.05, 4.69) is 0 Å². The molecule has 2 aliphatic rings. The average Bonchev–Trinajstić information content (AvgIpc) is 2.88. The van der Waals surface area contributed by atoms with Gasteiger partial charge in [-0.15, -0.1) is 0 Å². The molecule has 1 heterocycles. The maximum atomic E-state index is 12.0. The number of ketones is 1. The van der Waals surface area contributed by atoms with Crippen LogP contribution in [0, 0.1) is 0 Å². The number of carbonyl (C=O) groups is 1. The van der Waals surface area contributed by atoms with Gasteiger partial charge in [-0.1, -0.05) is 30.3 Å². The van der Waals surface area contributed by atoms with Crippen LogP contribution in [0.25, 0.3) is 0 Å². The normalized spacial score (nSPS) is 23.9. The minimum Gasteiger partial charge on any atom is -0.369 e. The van der Waals surface area contributed by atoms with E-state index in [-0.39, 0.29) is 11.9 Å². The zero-order chi connectivity index (χ0) is 13.8. The molecule has 0 aromatic heterocycles. The Labute approximate surface area is 118 Å². The first-order valence-electron chi connectivity index (χ1n) is 6.96. The SMILES string of the molecule is O=C1C[C@@H](OCc2ccccc2)C=C1C1OCCCO1. The highest BCUT2D eigenvalue weighted by Gasteiger charge is 2.32. The van der Waals surface area contributed by atoms with Crippen LogP contribution < -0.4 is 0 Å². The van der Waals surface area contributed by atoms with E-state index in [1.165, 1.54) is 0 Å². The van der Waals surface area contributed by atoms with Crippen molar-refractivity contribution in [2.24, 2.45) is 0 Å². The molecule has 4 nitrogen and oxygen atoms in total. The summed E-state index contributed by atoms with van der Waals surface area (Å²) in [6, 6.07) is 9.94. The molecule has 106 valence electrons. The number of benzene rings is 1. The highest BCUT2D eigenvalue weighted by Crippen LogP contribution is 2.25. The third kappa shape index (κ3) is 3.15. The Morgan fingerprint density at radius 1 is 1.15 bits per heavy atom. The molecule has 0 amide bonds. The molecule has 0 spiro atoms. The van der Waals surface area contributed by atoms with E-state index in [1.54, 1.807) is 0 Å². The van der Waals surface area contributed by atoms with E-state index in [1.807, 2.05) is 36.4 Å². The van der Waals surface area contributed by atoms with Gasteiger partial charge in [-0.3, -0.25) is 4.79 Å². The van der Waals surface area contributed by atoms with Gasteiger partial charge in [0.15, 0.2) is 12.1 Å². The fourth-order valence-electron chi connectivity index (χ4n) is 2.41. The van der Waals surface area contributed by atoms with E-state index in [4.69, 9.17) is 14.2 Å². The summed E-state index contributed by atoms with van der Waals surface area (Å²) in [7, 11) is 0. The molecule has 3 rings (SSSR count). The van der Waals surface area contributed by atoms with Gasteiger partial charge in [0, 0.05) is 12.0 Å². The highest BCUT2D eigenvalue weighted by molar-refractivity contribution is 5.99. The summed E-state index contributed by atoms with van der Waals surface area (Å²) in [6.07, 6.45) is 2.44. The van der Waals surface area contributed by atoms with Crippen molar-refractivity contribution in [3.05, 3.63) is 47.5 Å². The quantitative estimate of drug-likeness (QED) is 0.844. The van der Waals surface area contributed by atoms with Gasteiger partial charge in [0.2, 0.25) is 0 Å². The van der Waals surface area contributed by atoms with Gasteiger partial charge in [-0.25, -0.2) is 0 Å². The standard InChI is InChI=1S/C16H18O4/c17-15-10-13(20-11-12-5-2-1-3-6-12)9-14(15)16-18-7-4-8-19-16/h1-3,5-6,9,13,16H,4,7-8,10-11H2/t13-/m0/s1. The Morgan fingerprint density at radius 2 is 1.90 bits per heavy atom. The average molecular weight is 274 g/mol. The Bertz CT molecular complexity index is 488. The fourth-order valence-corrected chi connectivity index (χ4v) is 2.41. The monoisotopic (exact) mass is 274 g/mol. The Kier molecular flexibility index (Phi) is 4.25. The van der Waals surface area contributed by atoms with Crippen LogP contribution >= 0.6 is 0 Å². The van der Waals surface area contributed by atoms with Crippen LogP contribution in [0.5, 0.6) is 0 Å². The summed E-state index contributed by atoms with van der Waals surface area (Å²) in [4.78, 5) is 12.0. The number of hydrogen-bond donors (Lipinski definition) is 0. The lowest BCUT2D eigenvalue weighted by Gasteiger charge is -2.23. The summed E-state index contributed by atoms with van der Waals surface area (Å²) in [5.74, 6) is 0.0648. The number of rotatable bonds is 4. The number of ether oxygens (including phenoxy) is 3. The van der Waals surface area contributed by atoms with Crippen LogP contribution in [-0.4, -0.2) is 31.4 Å². The van der Waals surface area contributed by atoms with E-state index >= 15 is 0 Å². The minimum absolute atomic E-state index is 0.0648. The first-order chi connectivity index (χ1) is 9.83. The Balaban J connectivity index is 1.58. The summed E-state index contributed by atoms with van der Waals surface area (Å²) in [5, 5.41) is 0.